The average Bonchev–Trinajstić information content (AvgIpc) is 2.41. The second-order valence-electron chi connectivity index (χ2n) is 4.45. The minimum atomic E-state index is -3.36. The molecular formula is C14H38O7SiZr. The first kappa shape index (κ1) is 35.0. The normalized spacial score (nSPS) is 9.65. The van der Waals surface area contributed by atoms with Gasteiger partial charge < -0.3 is 34.1 Å². The average molecular weight is 438 g/mol. The molecule has 144 valence electrons. The van der Waals surface area contributed by atoms with Crippen molar-refractivity contribution in [3.05, 3.63) is 0 Å². The number of aliphatic hydroxyl groups excluding tert-OH is 1. The molecule has 0 aromatic carbocycles. The first-order valence-electron chi connectivity index (χ1n) is 7.85. The third kappa shape index (κ3) is 27.9. The Morgan fingerprint density at radius 2 is 0.913 bits per heavy atom. The number of aliphatic hydroxyl groups is 1. The zero-order valence-corrected chi connectivity index (χ0v) is 18.6. The standard InChI is InChI=1S/C12H28O4Si.C2H6O.2H2O.Zr/c1-4-7-10-14-17(13,15-11-8-5-2)16-12-9-6-3;1-2-3;;;/h13H,4-12H2,1-3H3;3H,2H2,1H3;2*1H2;. The molecular weight excluding hydrogens is 399 g/mol. The molecule has 0 fully saturated rings. The fourth-order valence-electron chi connectivity index (χ4n) is 1.16. The number of hydrogen-bond acceptors (Lipinski definition) is 5. The van der Waals surface area contributed by atoms with Gasteiger partial charge >= 0.3 is 9.05 Å². The van der Waals surface area contributed by atoms with Crippen molar-refractivity contribution in [3.63, 3.8) is 0 Å². The van der Waals surface area contributed by atoms with Gasteiger partial charge in [-0.3, -0.25) is 0 Å². The number of rotatable bonds is 12. The monoisotopic (exact) mass is 436 g/mol. The summed E-state index contributed by atoms with van der Waals surface area (Å²) in [5, 5.41) is 7.57. The van der Waals surface area contributed by atoms with Crippen LogP contribution in [0, 0.1) is 0 Å². The second kappa shape index (κ2) is 27.7. The van der Waals surface area contributed by atoms with Crippen molar-refractivity contribution in [2.75, 3.05) is 26.4 Å². The van der Waals surface area contributed by atoms with Gasteiger partial charge in [0.1, 0.15) is 0 Å². The van der Waals surface area contributed by atoms with E-state index in [-0.39, 0.29) is 43.8 Å². The molecule has 0 radical (unpaired) electrons. The van der Waals surface area contributed by atoms with E-state index in [2.05, 4.69) is 20.8 Å². The Bertz CT molecular complexity index is 164. The first-order valence-corrected chi connectivity index (χ1v) is 9.52. The SMILES string of the molecule is CCCCO[Si](O)(OCCCC)OCCCC.CCO.O.O.[Zr]. The molecule has 0 aromatic heterocycles. The molecule has 0 aliphatic carbocycles. The first-order chi connectivity index (χ1) is 9.60. The molecule has 6 N–H and O–H groups in total. The molecule has 0 aliphatic rings. The Hall–Kier alpha value is 0.820. The van der Waals surface area contributed by atoms with Crippen LogP contribution >= 0.6 is 0 Å². The van der Waals surface area contributed by atoms with Gasteiger partial charge in [-0.25, -0.2) is 0 Å². The van der Waals surface area contributed by atoms with Gasteiger partial charge in [0.15, 0.2) is 0 Å². The van der Waals surface area contributed by atoms with E-state index in [9.17, 15) is 4.80 Å². The van der Waals surface area contributed by atoms with Gasteiger partial charge in [-0.15, -0.1) is 0 Å². The smallest absolute Gasteiger partial charge is 0.412 e. The van der Waals surface area contributed by atoms with E-state index >= 15 is 0 Å². The van der Waals surface area contributed by atoms with E-state index in [4.69, 9.17) is 18.4 Å². The van der Waals surface area contributed by atoms with Crippen LogP contribution in [0.5, 0.6) is 0 Å². The van der Waals surface area contributed by atoms with Crippen LogP contribution in [0.1, 0.15) is 66.2 Å². The molecule has 0 rings (SSSR count). The fourth-order valence-corrected chi connectivity index (χ4v) is 2.62. The third-order valence-electron chi connectivity index (χ3n) is 2.35. The Morgan fingerprint density at radius 3 is 1.09 bits per heavy atom. The molecule has 0 bridgehead atoms. The number of unbranched alkanes of at least 4 members (excludes halogenated alkanes) is 3. The molecule has 23 heavy (non-hydrogen) atoms. The summed E-state index contributed by atoms with van der Waals surface area (Å²) in [4.78, 5) is 10.2. The van der Waals surface area contributed by atoms with Crippen LogP contribution in [0.25, 0.3) is 0 Å². The predicted molar refractivity (Wildman–Crippen MR) is 90.5 cm³/mol. The van der Waals surface area contributed by atoms with Gasteiger partial charge in [0.2, 0.25) is 0 Å². The molecule has 7 nitrogen and oxygen atoms in total. The summed E-state index contributed by atoms with van der Waals surface area (Å²) < 4.78 is 16.2. The summed E-state index contributed by atoms with van der Waals surface area (Å²) in [7, 11) is -3.36. The van der Waals surface area contributed by atoms with Gasteiger partial charge in [0.05, 0.1) is 0 Å². The van der Waals surface area contributed by atoms with Gasteiger partial charge in [0.25, 0.3) is 0 Å². The van der Waals surface area contributed by atoms with Crippen LogP contribution in [-0.2, 0) is 39.5 Å². The molecule has 0 unspecified atom stereocenters. The summed E-state index contributed by atoms with van der Waals surface area (Å²) in [6.45, 7) is 9.71. The molecule has 0 heterocycles. The molecule has 0 aromatic rings. The zero-order chi connectivity index (χ0) is 15.7. The van der Waals surface area contributed by atoms with Gasteiger partial charge in [-0.2, -0.15) is 0 Å². The van der Waals surface area contributed by atoms with Crippen LogP contribution in [0.2, 0.25) is 0 Å². The van der Waals surface area contributed by atoms with Crippen molar-refractivity contribution >= 4 is 9.05 Å². The van der Waals surface area contributed by atoms with Crippen molar-refractivity contribution in [2.24, 2.45) is 0 Å². The summed E-state index contributed by atoms with van der Waals surface area (Å²) in [6, 6.07) is 0. The van der Waals surface area contributed by atoms with Crippen molar-refractivity contribution in [1.29, 1.82) is 0 Å². The van der Waals surface area contributed by atoms with Crippen molar-refractivity contribution in [3.8, 4) is 0 Å². The van der Waals surface area contributed by atoms with E-state index < -0.39 is 9.05 Å². The molecule has 9 heteroatoms. The van der Waals surface area contributed by atoms with E-state index in [1.54, 1.807) is 6.92 Å². The van der Waals surface area contributed by atoms with Gasteiger partial charge in [-0.1, -0.05) is 40.0 Å². The molecule has 0 saturated carbocycles. The second-order valence-corrected chi connectivity index (χ2v) is 6.36. The molecule has 0 spiro atoms. The van der Waals surface area contributed by atoms with Gasteiger partial charge in [0, 0.05) is 52.6 Å². The van der Waals surface area contributed by atoms with E-state index in [0.717, 1.165) is 38.5 Å². The molecule has 0 amide bonds. The van der Waals surface area contributed by atoms with E-state index in [1.807, 2.05) is 0 Å². The predicted octanol–water partition coefficient (Wildman–Crippen LogP) is 1.21. The van der Waals surface area contributed by atoms with Crippen molar-refractivity contribution in [1.82, 2.24) is 0 Å². The molecule has 0 atom stereocenters. The maximum atomic E-state index is 10.2. The Labute approximate surface area is 162 Å². The van der Waals surface area contributed by atoms with Crippen LogP contribution < -0.4 is 0 Å². The van der Waals surface area contributed by atoms with Crippen LogP contribution in [0.3, 0.4) is 0 Å². The maximum absolute atomic E-state index is 10.2. The largest absolute Gasteiger partial charge is 0.676 e. The van der Waals surface area contributed by atoms with Crippen molar-refractivity contribution in [2.45, 2.75) is 66.2 Å². The Morgan fingerprint density at radius 1 is 0.696 bits per heavy atom. The van der Waals surface area contributed by atoms with Crippen LogP contribution in [0.15, 0.2) is 0 Å². The van der Waals surface area contributed by atoms with E-state index in [0.29, 0.717) is 19.8 Å². The third-order valence-corrected chi connectivity index (χ3v) is 4.05. The topological polar surface area (TPSA) is 131 Å². The van der Waals surface area contributed by atoms with E-state index in [1.165, 1.54) is 0 Å². The van der Waals surface area contributed by atoms with Crippen LogP contribution in [0.4, 0.5) is 0 Å². The molecule has 0 aliphatic heterocycles. The number of hydrogen-bond donors (Lipinski definition) is 2. The summed E-state index contributed by atoms with van der Waals surface area (Å²) in [6.07, 6.45) is 5.87. The Balaban J connectivity index is -0.000000166. The maximum Gasteiger partial charge on any atom is 0.676 e. The van der Waals surface area contributed by atoms with Gasteiger partial charge in [-0.05, 0) is 26.2 Å². The van der Waals surface area contributed by atoms with Crippen molar-refractivity contribution < 1.29 is 60.3 Å². The quantitative estimate of drug-likeness (QED) is 0.350. The zero-order valence-electron chi connectivity index (χ0n) is 15.2. The molecule has 0 saturated heterocycles. The summed E-state index contributed by atoms with van der Waals surface area (Å²) in [5.74, 6) is 0. The fraction of sp³-hybridized carbons (Fsp3) is 1.00. The minimum Gasteiger partial charge on any atom is -0.412 e. The Kier molecular flexibility index (Phi) is 42.1. The summed E-state index contributed by atoms with van der Waals surface area (Å²) >= 11 is 0. The van der Waals surface area contributed by atoms with Crippen LogP contribution in [-0.4, -0.2) is 56.3 Å². The summed E-state index contributed by atoms with van der Waals surface area (Å²) in [5.41, 5.74) is 0. The minimum absolute atomic E-state index is 0.